The molecule has 4 heterocycles. The molecule has 4 aromatic rings. The highest BCUT2D eigenvalue weighted by molar-refractivity contribution is 7.22. The maximum Gasteiger partial charge on any atom is 0.417 e. The van der Waals surface area contributed by atoms with Crippen LogP contribution in [0, 0.1) is 0 Å². The molecule has 42 heavy (non-hydrogen) atoms. The van der Waals surface area contributed by atoms with Gasteiger partial charge in [0.2, 0.25) is 0 Å². The summed E-state index contributed by atoms with van der Waals surface area (Å²) in [6.07, 6.45) is 0.710. The van der Waals surface area contributed by atoms with Crippen LogP contribution < -0.4 is 9.64 Å². The Balaban J connectivity index is 1.12. The van der Waals surface area contributed by atoms with Crippen molar-refractivity contribution >= 4 is 32.7 Å². The lowest BCUT2D eigenvalue weighted by Crippen LogP contribution is -2.45. The number of carboxylic acids is 1. The fraction of sp³-hybridized carbons (Fsp3) is 0.433. The quantitative estimate of drug-likeness (QED) is 0.226. The molecule has 7 rings (SSSR count). The molecule has 2 bridgehead atoms. The van der Waals surface area contributed by atoms with Gasteiger partial charge < -0.3 is 24.0 Å². The van der Waals surface area contributed by atoms with Crippen molar-refractivity contribution in [3.8, 4) is 17.0 Å². The van der Waals surface area contributed by atoms with Gasteiger partial charge in [-0.05, 0) is 56.7 Å². The summed E-state index contributed by atoms with van der Waals surface area (Å²) >= 11 is 1.46. The topological polar surface area (TPSA) is 97.9 Å². The Kier molecular flexibility index (Phi) is 6.65. The van der Waals surface area contributed by atoms with E-state index in [1.807, 2.05) is 0 Å². The number of hydrogen-bond acceptors (Lipinski definition) is 8. The number of alkyl halides is 3. The van der Waals surface area contributed by atoms with Crippen molar-refractivity contribution in [3.63, 3.8) is 0 Å². The maximum absolute atomic E-state index is 13.8. The minimum atomic E-state index is -4.51. The van der Waals surface area contributed by atoms with Crippen LogP contribution >= 0.6 is 11.3 Å². The molecule has 0 amide bonds. The third-order valence-electron chi connectivity index (χ3n) is 8.54. The SMILES string of the molecule is COc1cc(C(=O)O)cc2sc(N3C4CC[C@H]3CC(OCc3c(-c5ccccc5C(F)(F)F)noc3C3CC3)C4)nc12. The third-order valence-corrected chi connectivity index (χ3v) is 9.56. The van der Waals surface area contributed by atoms with E-state index in [9.17, 15) is 23.1 Å². The van der Waals surface area contributed by atoms with Crippen LogP contribution in [0.15, 0.2) is 40.9 Å². The average Bonchev–Trinajstić information content (AvgIpc) is 3.48. The first-order valence-electron chi connectivity index (χ1n) is 14.0. The zero-order chi connectivity index (χ0) is 29.2. The first-order chi connectivity index (χ1) is 20.2. The number of nitrogens with zero attached hydrogens (tertiary/aromatic N) is 3. The zero-order valence-corrected chi connectivity index (χ0v) is 23.5. The van der Waals surface area contributed by atoms with Crippen LogP contribution in [0.5, 0.6) is 5.75 Å². The van der Waals surface area contributed by atoms with E-state index in [1.165, 1.54) is 36.6 Å². The molecule has 2 aromatic carbocycles. The molecule has 1 saturated carbocycles. The molecular formula is C30H28F3N3O5S. The maximum atomic E-state index is 13.8. The Morgan fingerprint density at radius 1 is 1.14 bits per heavy atom. The van der Waals surface area contributed by atoms with Gasteiger partial charge in [0.15, 0.2) is 5.13 Å². The van der Waals surface area contributed by atoms with Crippen molar-refractivity contribution in [3.05, 3.63) is 58.8 Å². The largest absolute Gasteiger partial charge is 0.494 e. The number of anilines is 1. The van der Waals surface area contributed by atoms with Gasteiger partial charge in [0, 0.05) is 29.1 Å². The minimum Gasteiger partial charge on any atom is -0.494 e. The van der Waals surface area contributed by atoms with E-state index < -0.39 is 17.7 Å². The summed E-state index contributed by atoms with van der Waals surface area (Å²) in [6, 6.07) is 8.96. The summed E-state index contributed by atoms with van der Waals surface area (Å²) in [5, 5.41) is 14.4. The molecule has 3 aliphatic rings. The highest BCUT2D eigenvalue weighted by atomic mass is 32.1. The molecule has 12 heteroatoms. The van der Waals surface area contributed by atoms with Crippen molar-refractivity contribution in [2.45, 2.75) is 75.4 Å². The molecule has 220 valence electrons. The lowest BCUT2D eigenvalue weighted by Gasteiger charge is -2.38. The van der Waals surface area contributed by atoms with Crippen LogP contribution in [-0.4, -0.2) is 46.5 Å². The first kappa shape index (κ1) is 27.2. The number of carboxylic acid groups (broad SMARTS) is 1. The van der Waals surface area contributed by atoms with Gasteiger partial charge in [-0.1, -0.05) is 34.7 Å². The highest BCUT2D eigenvalue weighted by Crippen LogP contribution is 2.47. The van der Waals surface area contributed by atoms with Crippen LogP contribution in [0.2, 0.25) is 0 Å². The van der Waals surface area contributed by atoms with Crippen molar-refractivity contribution in [1.29, 1.82) is 0 Å². The van der Waals surface area contributed by atoms with Crippen LogP contribution in [0.1, 0.15) is 71.7 Å². The number of rotatable bonds is 8. The molecule has 2 aromatic heterocycles. The van der Waals surface area contributed by atoms with Gasteiger partial charge in [-0.3, -0.25) is 0 Å². The molecule has 1 aliphatic carbocycles. The van der Waals surface area contributed by atoms with E-state index >= 15 is 0 Å². The van der Waals surface area contributed by atoms with E-state index in [4.69, 9.17) is 19.0 Å². The summed E-state index contributed by atoms with van der Waals surface area (Å²) in [5.74, 6) is 0.206. The Morgan fingerprint density at radius 2 is 1.88 bits per heavy atom. The third kappa shape index (κ3) is 4.80. The Hall–Kier alpha value is -3.64. The van der Waals surface area contributed by atoms with E-state index in [0.717, 1.165) is 54.4 Å². The lowest BCUT2D eigenvalue weighted by molar-refractivity contribution is -0.137. The lowest BCUT2D eigenvalue weighted by atomic mass is 9.98. The second-order valence-corrected chi connectivity index (χ2v) is 12.2. The number of thiazole rings is 1. The molecular weight excluding hydrogens is 571 g/mol. The number of carbonyl (C=O) groups is 1. The predicted molar refractivity (Wildman–Crippen MR) is 149 cm³/mol. The number of benzene rings is 2. The number of fused-ring (bicyclic) bond motifs is 3. The summed E-state index contributed by atoms with van der Waals surface area (Å²) < 4.78 is 59.7. The standard InChI is InChI=1S/C30H28F3N3O5S/c1-39-23-10-16(28(37)38)11-24-26(23)34-29(42-24)36-17-8-9-18(36)13-19(12-17)40-14-21-25(35-41-27(21)15-6-7-15)20-4-2-3-5-22(20)30(31,32)33/h2-5,10-11,15,17-19H,6-9,12-14H2,1H3,(H,37,38)/t17-,18?,19?/m0/s1. The zero-order valence-electron chi connectivity index (χ0n) is 22.7. The summed E-state index contributed by atoms with van der Waals surface area (Å²) in [7, 11) is 1.50. The number of methoxy groups -OCH3 is 1. The Labute approximate surface area is 243 Å². The first-order valence-corrected chi connectivity index (χ1v) is 14.8. The fourth-order valence-electron chi connectivity index (χ4n) is 6.43. The van der Waals surface area contributed by atoms with Crippen molar-refractivity contribution < 1.29 is 37.1 Å². The molecule has 3 atom stereocenters. The van der Waals surface area contributed by atoms with E-state index in [-0.39, 0.29) is 47.5 Å². The summed E-state index contributed by atoms with van der Waals surface area (Å²) in [6.45, 7) is 0.136. The molecule has 2 unspecified atom stereocenters. The van der Waals surface area contributed by atoms with Crippen LogP contribution in [0.4, 0.5) is 18.3 Å². The number of piperidine rings is 1. The second kappa shape index (κ2) is 10.3. The van der Waals surface area contributed by atoms with Crippen LogP contribution in [-0.2, 0) is 17.5 Å². The monoisotopic (exact) mass is 599 g/mol. The number of halogens is 3. The van der Waals surface area contributed by atoms with Gasteiger partial charge in [0.1, 0.15) is 22.7 Å². The fourth-order valence-corrected chi connectivity index (χ4v) is 7.60. The predicted octanol–water partition coefficient (Wildman–Crippen LogP) is 7.27. The van der Waals surface area contributed by atoms with E-state index in [2.05, 4.69) is 10.1 Å². The number of aromatic carboxylic acids is 1. The number of ether oxygens (including phenoxy) is 2. The second-order valence-electron chi connectivity index (χ2n) is 11.2. The van der Waals surface area contributed by atoms with Gasteiger partial charge in [-0.2, -0.15) is 13.2 Å². The minimum absolute atomic E-state index is 0.00598. The number of aromatic nitrogens is 2. The summed E-state index contributed by atoms with van der Waals surface area (Å²) in [5.41, 5.74) is 0.877. The van der Waals surface area contributed by atoms with Crippen LogP contribution in [0.3, 0.4) is 0 Å². The molecule has 2 aliphatic heterocycles. The van der Waals surface area contributed by atoms with Gasteiger partial charge >= 0.3 is 12.1 Å². The van der Waals surface area contributed by atoms with Gasteiger partial charge in [-0.15, -0.1) is 0 Å². The molecule has 0 spiro atoms. The van der Waals surface area contributed by atoms with Gasteiger partial charge in [0.25, 0.3) is 0 Å². The average molecular weight is 600 g/mol. The highest BCUT2D eigenvalue weighted by Gasteiger charge is 2.43. The molecule has 3 fully saturated rings. The molecule has 8 nitrogen and oxygen atoms in total. The molecule has 1 N–H and O–H groups in total. The van der Waals surface area contributed by atoms with E-state index in [0.29, 0.717) is 22.6 Å². The number of hydrogen-bond donors (Lipinski definition) is 1. The van der Waals surface area contributed by atoms with E-state index in [1.54, 1.807) is 12.1 Å². The van der Waals surface area contributed by atoms with Crippen LogP contribution in [0.25, 0.3) is 21.5 Å². The Bertz CT molecular complexity index is 1650. The van der Waals surface area contributed by atoms with Gasteiger partial charge in [0.05, 0.1) is 35.6 Å². The van der Waals surface area contributed by atoms with Crippen molar-refractivity contribution in [2.75, 3.05) is 12.0 Å². The molecule has 2 saturated heterocycles. The normalized spacial score (nSPS) is 22.2. The molecule has 0 radical (unpaired) electrons. The summed E-state index contributed by atoms with van der Waals surface area (Å²) in [4.78, 5) is 18.8. The van der Waals surface area contributed by atoms with Crippen molar-refractivity contribution in [2.24, 2.45) is 0 Å². The van der Waals surface area contributed by atoms with Gasteiger partial charge in [-0.25, -0.2) is 9.78 Å². The Morgan fingerprint density at radius 3 is 2.55 bits per heavy atom. The smallest absolute Gasteiger partial charge is 0.417 e. The van der Waals surface area contributed by atoms with Crippen molar-refractivity contribution in [1.82, 2.24) is 10.1 Å².